The fraction of sp³-hybridized carbons (Fsp3) is 0.533. The van der Waals surface area contributed by atoms with Crippen molar-refractivity contribution >= 4 is 31.3 Å². The van der Waals surface area contributed by atoms with E-state index in [-0.39, 0.29) is 52.6 Å². The summed E-state index contributed by atoms with van der Waals surface area (Å²) in [4.78, 5) is 32.4. The number of benzene rings is 1. The third kappa shape index (κ3) is 7.63. The van der Waals surface area contributed by atoms with E-state index in [1.54, 1.807) is 10.3 Å². The first-order valence-corrected chi connectivity index (χ1v) is 18.2. The fourth-order valence-electron chi connectivity index (χ4n) is 4.84. The number of carbonyl (C=O) groups is 2. The Morgan fingerprint density at radius 2 is 1.73 bits per heavy atom. The SMILES string of the molecule is Cc1cc(C(F)(F)F)nn1CC(=O)N1CCC(c2nc(C(=O)CC(O[Si](C)(C)C(C)(C)C)c3c(F)cccc3F)cs2)CC1. The third-order valence-corrected chi connectivity index (χ3v) is 14.0. The molecule has 1 amide bonds. The van der Waals surface area contributed by atoms with Gasteiger partial charge < -0.3 is 9.33 Å². The van der Waals surface area contributed by atoms with Gasteiger partial charge in [0.05, 0.1) is 16.7 Å². The van der Waals surface area contributed by atoms with Gasteiger partial charge in [-0.25, -0.2) is 13.8 Å². The highest BCUT2D eigenvalue weighted by molar-refractivity contribution is 7.09. The molecule has 3 heterocycles. The van der Waals surface area contributed by atoms with E-state index >= 15 is 0 Å². The number of rotatable bonds is 9. The van der Waals surface area contributed by atoms with Gasteiger partial charge in [-0.2, -0.15) is 18.3 Å². The molecular formula is C30H37F5N4O3SSi. The zero-order valence-electron chi connectivity index (χ0n) is 25.6. The second-order valence-corrected chi connectivity index (χ2v) is 18.3. The largest absolute Gasteiger partial charge is 0.435 e. The minimum atomic E-state index is -4.59. The van der Waals surface area contributed by atoms with Crippen molar-refractivity contribution in [1.29, 1.82) is 0 Å². The lowest BCUT2D eigenvalue weighted by Crippen LogP contribution is -2.42. The molecule has 3 aromatic rings. The first kappa shape index (κ1) is 33.9. The van der Waals surface area contributed by atoms with E-state index < -0.39 is 37.9 Å². The van der Waals surface area contributed by atoms with Crippen LogP contribution >= 0.6 is 11.3 Å². The summed E-state index contributed by atoms with van der Waals surface area (Å²) < 4.78 is 76.1. The van der Waals surface area contributed by atoms with Crippen LogP contribution in [0.25, 0.3) is 0 Å². The lowest BCUT2D eigenvalue weighted by Gasteiger charge is -2.39. The van der Waals surface area contributed by atoms with Crippen LogP contribution < -0.4 is 0 Å². The molecule has 1 aliphatic rings. The monoisotopic (exact) mass is 656 g/mol. The number of aromatic nitrogens is 3. The number of carbonyl (C=O) groups excluding carboxylic acids is 2. The second kappa shape index (κ2) is 12.8. The number of halogens is 5. The lowest BCUT2D eigenvalue weighted by atomic mass is 9.97. The maximum atomic E-state index is 14.8. The van der Waals surface area contributed by atoms with Gasteiger partial charge in [-0.1, -0.05) is 26.8 Å². The molecule has 2 aromatic heterocycles. The highest BCUT2D eigenvalue weighted by Crippen LogP contribution is 2.42. The molecule has 1 atom stereocenters. The van der Waals surface area contributed by atoms with E-state index in [0.29, 0.717) is 25.9 Å². The van der Waals surface area contributed by atoms with Gasteiger partial charge in [0.15, 0.2) is 19.8 Å². The van der Waals surface area contributed by atoms with E-state index in [4.69, 9.17) is 4.43 Å². The zero-order chi connectivity index (χ0) is 32.6. The molecule has 0 saturated carbocycles. The van der Waals surface area contributed by atoms with Crippen LogP contribution in [0.1, 0.15) is 84.5 Å². The predicted molar refractivity (Wildman–Crippen MR) is 159 cm³/mol. The van der Waals surface area contributed by atoms with Crippen molar-refractivity contribution in [3.8, 4) is 0 Å². The number of aryl methyl sites for hydroxylation is 1. The number of hydrogen-bond acceptors (Lipinski definition) is 6. The van der Waals surface area contributed by atoms with Crippen LogP contribution in [0.5, 0.6) is 0 Å². The number of piperidine rings is 1. The molecule has 1 unspecified atom stereocenters. The van der Waals surface area contributed by atoms with Gasteiger partial charge in [0.1, 0.15) is 23.9 Å². The maximum Gasteiger partial charge on any atom is 0.435 e. The second-order valence-electron chi connectivity index (χ2n) is 12.7. The Balaban J connectivity index is 1.41. The van der Waals surface area contributed by atoms with Crippen molar-refractivity contribution in [2.75, 3.05) is 13.1 Å². The van der Waals surface area contributed by atoms with Crippen molar-refractivity contribution in [2.24, 2.45) is 0 Å². The zero-order valence-corrected chi connectivity index (χ0v) is 27.4. The average molecular weight is 657 g/mol. The molecule has 0 spiro atoms. The number of amides is 1. The number of hydrogen-bond donors (Lipinski definition) is 0. The topological polar surface area (TPSA) is 77.3 Å². The van der Waals surface area contributed by atoms with Gasteiger partial charge in [0.25, 0.3) is 0 Å². The molecule has 7 nitrogen and oxygen atoms in total. The summed E-state index contributed by atoms with van der Waals surface area (Å²) in [6.45, 7) is 11.9. The number of ketones is 1. The summed E-state index contributed by atoms with van der Waals surface area (Å²) in [5.74, 6) is -2.28. The summed E-state index contributed by atoms with van der Waals surface area (Å²) >= 11 is 1.31. The van der Waals surface area contributed by atoms with Crippen LogP contribution in [0, 0.1) is 18.6 Å². The van der Waals surface area contributed by atoms with Gasteiger partial charge in [-0.3, -0.25) is 14.3 Å². The van der Waals surface area contributed by atoms with Gasteiger partial charge in [0, 0.05) is 36.5 Å². The van der Waals surface area contributed by atoms with Gasteiger partial charge >= 0.3 is 6.18 Å². The first-order chi connectivity index (χ1) is 20.4. The predicted octanol–water partition coefficient (Wildman–Crippen LogP) is 7.69. The highest BCUT2D eigenvalue weighted by Gasteiger charge is 2.41. The molecule has 14 heteroatoms. The van der Waals surface area contributed by atoms with Gasteiger partial charge in [-0.05, 0) is 56.1 Å². The molecule has 4 rings (SSSR count). The van der Waals surface area contributed by atoms with Crippen LogP contribution in [0.15, 0.2) is 29.6 Å². The summed E-state index contributed by atoms with van der Waals surface area (Å²) in [6, 6.07) is 4.49. The van der Waals surface area contributed by atoms with Crippen molar-refractivity contribution in [3.05, 3.63) is 68.9 Å². The molecule has 0 aliphatic carbocycles. The molecule has 1 saturated heterocycles. The van der Waals surface area contributed by atoms with Crippen molar-refractivity contribution in [2.45, 2.75) is 89.8 Å². The van der Waals surface area contributed by atoms with Crippen LogP contribution in [-0.2, 0) is 21.9 Å². The smallest absolute Gasteiger partial charge is 0.409 e. The Morgan fingerprint density at radius 1 is 1.11 bits per heavy atom. The number of nitrogens with zero attached hydrogens (tertiary/aromatic N) is 4. The lowest BCUT2D eigenvalue weighted by molar-refractivity contribution is -0.142. The molecule has 0 radical (unpaired) electrons. The number of likely N-dealkylation sites (tertiary alicyclic amines) is 1. The van der Waals surface area contributed by atoms with Crippen LogP contribution in [0.3, 0.4) is 0 Å². The molecule has 1 aliphatic heterocycles. The van der Waals surface area contributed by atoms with Crippen LogP contribution in [0.4, 0.5) is 22.0 Å². The Bertz CT molecular complexity index is 1490. The normalized spacial score (nSPS) is 15.9. The molecule has 1 fully saturated rings. The summed E-state index contributed by atoms with van der Waals surface area (Å²) in [5.41, 5.74) is -0.861. The minimum Gasteiger partial charge on any atom is -0.409 e. The maximum absolute atomic E-state index is 14.8. The Morgan fingerprint density at radius 3 is 2.27 bits per heavy atom. The van der Waals surface area contributed by atoms with E-state index in [9.17, 15) is 31.5 Å². The van der Waals surface area contributed by atoms with Gasteiger partial charge in [-0.15, -0.1) is 11.3 Å². The average Bonchev–Trinajstić information content (AvgIpc) is 3.55. The van der Waals surface area contributed by atoms with Gasteiger partial charge in [0.2, 0.25) is 5.91 Å². The van der Waals surface area contributed by atoms with Crippen LogP contribution in [0.2, 0.25) is 18.1 Å². The molecule has 240 valence electrons. The van der Waals surface area contributed by atoms with E-state index in [1.807, 2.05) is 33.9 Å². The van der Waals surface area contributed by atoms with E-state index in [1.165, 1.54) is 24.3 Å². The van der Waals surface area contributed by atoms with E-state index in [2.05, 4.69) is 10.1 Å². The first-order valence-electron chi connectivity index (χ1n) is 14.4. The molecule has 1 aromatic carbocycles. The third-order valence-electron chi connectivity index (χ3n) is 8.50. The summed E-state index contributed by atoms with van der Waals surface area (Å²) in [6.07, 6.45) is -4.84. The quantitative estimate of drug-likeness (QED) is 0.134. The Kier molecular flexibility index (Phi) is 9.86. The summed E-state index contributed by atoms with van der Waals surface area (Å²) in [5, 5.41) is 5.63. The fourth-order valence-corrected chi connectivity index (χ4v) is 7.10. The van der Waals surface area contributed by atoms with Crippen molar-refractivity contribution < 1.29 is 36.0 Å². The highest BCUT2D eigenvalue weighted by atomic mass is 32.1. The minimum absolute atomic E-state index is 0.0165. The molecular weight excluding hydrogens is 619 g/mol. The molecule has 0 bridgehead atoms. The standard InChI is InChI=1S/C30H37F5N4O3SSi/c1-18-14-25(30(33,34)35)37-39(18)16-26(41)38-12-10-19(11-13-38)28-36-22(17-43-28)23(40)15-24(42-44(5,6)29(2,3)4)27-20(31)8-7-9-21(27)32/h7-9,14,17,19,24H,10-13,15-16H2,1-6H3. The van der Waals surface area contributed by atoms with Crippen molar-refractivity contribution in [1.82, 2.24) is 19.7 Å². The number of thiazole rings is 1. The number of Topliss-reactive ketones (excluding diaryl/α,β-unsaturated/α-hetero) is 1. The Labute approximate surface area is 258 Å². The molecule has 44 heavy (non-hydrogen) atoms. The van der Waals surface area contributed by atoms with Crippen LogP contribution in [-0.4, -0.2) is 52.8 Å². The van der Waals surface area contributed by atoms with Crippen molar-refractivity contribution in [3.63, 3.8) is 0 Å². The summed E-state index contributed by atoms with van der Waals surface area (Å²) in [7, 11) is -2.53. The Hall–Kier alpha value is -2.97. The molecule has 0 N–H and O–H groups in total. The van der Waals surface area contributed by atoms with E-state index in [0.717, 1.165) is 27.9 Å². The number of alkyl halides is 3.